The lowest BCUT2D eigenvalue weighted by atomic mass is 10.0. The average Bonchev–Trinajstić information content (AvgIpc) is 2.66. The molecule has 1 aromatic carbocycles. The van der Waals surface area contributed by atoms with E-state index >= 15 is 0 Å². The fraction of sp³-hybridized carbons (Fsp3) is 0.500. The monoisotopic (exact) mass is 424 g/mol. The number of rotatable bonds is 13. The zero-order chi connectivity index (χ0) is 22.8. The van der Waals surface area contributed by atoms with Gasteiger partial charge in [-0.1, -0.05) is 12.1 Å². The van der Waals surface area contributed by atoms with Crippen molar-refractivity contribution < 1.29 is 39.6 Å². The summed E-state index contributed by atoms with van der Waals surface area (Å²) in [6, 6.07) is 2.18. The Morgan fingerprint density at radius 3 is 2.03 bits per heavy atom. The van der Waals surface area contributed by atoms with Crippen LogP contribution in [0.3, 0.4) is 0 Å². The lowest BCUT2D eigenvalue weighted by molar-refractivity contribution is -0.143. The number of aliphatic carboxylic acids is 2. The Balaban J connectivity index is 2.69. The Hall–Kier alpha value is -2.98. The predicted molar refractivity (Wildman–Crippen MR) is 106 cm³/mol. The lowest BCUT2D eigenvalue weighted by Crippen LogP contribution is -2.53. The number of carboxylic acids is 2. The quantitative estimate of drug-likeness (QED) is 0.256. The molecule has 1 amide bonds. The second kappa shape index (κ2) is 11.9. The third-order valence-corrected chi connectivity index (χ3v) is 4.41. The molecule has 10 heteroatoms. The summed E-state index contributed by atoms with van der Waals surface area (Å²) in [5.74, 6) is -3.68. The van der Waals surface area contributed by atoms with E-state index in [9.17, 15) is 39.6 Å². The summed E-state index contributed by atoms with van der Waals surface area (Å²) < 4.78 is 0. The molecule has 166 valence electrons. The fourth-order valence-corrected chi connectivity index (χ4v) is 2.66. The van der Waals surface area contributed by atoms with E-state index < -0.39 is 42.1 Å². The molecule has 0 bridgehead atoms. The number of carbonyl (C=O) groups is 4. The Morgan fingerprint density at radius 1 is 0.967 bits per heavy atom. The van der Waals surface area contributed by atoms with Crippen LogP contribution in [0.2, 0.25) is 0 Å². The molecule has 0 heterocycles. The standard InChI is InChI=1S/C20H28N2O8/c1-11(23)3-6-15(25)10-17(20(29)30)21-12(2)18(26)22-16(19(27)28)9-13-4-7-14(24)8-5-13/h4-5,7-8,11-12,16-17,21,23-24H,3,6,9-10H2,1-2H3,(H,22,26)(H,27,28)(H,29,30). The van der Waals surface area contributed by atoms with E-state index in [4.69, 9.17) is 0 Å². The van der Waals surface area contributed by atoms with Gasteiger partial charge in [0.2, 0.25) is 5.91 Å². The summed E-state index contributed by atoms with van der Waals surface area (Å²) in [5.41, 5.74) is 0.577. The molecule has 4 atom stereocenters. The van der Waals surface area contributed by atoms with E-state index in [1.165, 1.54) is 38.1 Å². The van der Waals surface area contributed by atoms with Crippen LogP contribution in [0.25, 0.3) is 0 Å². The van der Waals surface area contributed by atoms with Gasteiger partial charge >= 0.3 is 11.9 Å². The fourth-order valence-electron chi connectivity index (χ4n) is 2.66. The van der Waals surface area contributed by atoms with Gasteiger partial charge in [0.1, 0.15) is 23.6 Å². The summed E-state index contributed by atoms with van der Waals surface area (Å²) >= 11 is 0. The molecule has 0 aliphatic rings. The van der Waals surface area contributed by atoms with Gasteiger partial charge in [0, 0.05) is 19.3 Å². The molecule has 0 radical (unpaired) electrons. The van der Waals surface area contributed by atoms with Gasteiger partial charge in [0.15, 0.2) is 0 Å². The van der Waals surface area contributed by atoms with Crippen molar-refractivity contribution in [2.24, 2.45) is 0 Å². The first-order valence-corrected chi connectivity index (χ1v) is 9.49. The number of amides is 1. The molecule has 0 aliphatic carbocycles. The number of phenolic OH excluding ortho intramolecular Hbond substituents is 1. The van der Waals surface area contributed by atoms with Crippen LogP contribution in [0.1, 0.15) is 38.7 Å². The highest BCUT2D eigenvalue weighted by Crippen LogP contribution is 2.12. The van der Waals surface area contributed by atoms with Crippen molar-refractivity contribution in [1.29, 1.82) is 0 Å². The van der Waals surface area contributed by atoms with Gasteiger partial charge in [-0.2, -0.15) is 0 Å². The Kier molecular flexibility index (Phi) is 9.93. The number of Topliss-reactive ketones (excluding diaryl/α,β-unsaturated/α-hetero) is 1. The zero-order valence-corrected chi connectivity index (χ0v) is 16.9. The maximum Gasteiger partial charge on any atom is 0.326 e. The maximum atomic E-state index is 12.4. The minimum atomic E-state index is -1.33. The average molecular weight is 424 g/mol. The predicted octanol–water partition coefficient (Wildman–Crippen LogP) is 0.0556. The lowest BCUT2D eigenvalue weighted by Gasteiger charge is -2.22. The summed E-state index contributed by atoms with van der Waals surface area (Å²) in [6.45, 7) is 2.88. The number of carboxylic acid groups (broad SMARTS) is 2. The number of aromatic hydroxyl groups is 1. The smallest absolute Gasteiger partial charge is 0.326 e. The van der Waals surface area contributed by atoms with Crippen LogP contribution in [0.4, 0.5) is 0 Å². The Morgan fingerprint density at radius 2 is 1.53 bits per heavy atom. The summed E-state index contributed by atoms with van der Waals surface area (Å²) in [7, 11) is 0. The number of nitrogens with one attached hydrogen (secondary N) is 2. The van der Waals surface area contributed by atoms with Gasteiger partial charge in [-0.05, 0) is 38.0 Å². The molecule has 1 rings (SSSR count). The van der Waals surface area contributed by atoms with Crippen LogP contribution in [0, 0.1) is 0 Å². The van der Waals surface area contributed by atoms with Crippen molar-refractivity contribution in [3.63, 3.8) is 0 Å². The zero-order valence-electron chi connectivity index (χ0n) is 16.9. The number of phenols is 1. The first kappa shape index (κ1) is 25.1. The van der Waals surface area contributed by atoms with E-state index in [2.05, 4.69) is 10.6 Å². The summed E-state index contributed by atoms with van der Waals surface area (Å²) in [5, 5.41) is 42.1. The molecule has 30 heavy (non-hydrogen) atoms. The molecule has 10 nitrogen and oxygen atoms in total. The number of carbonyl (C=O) groups excluding carboxylic acids is 2. The van der Waals surface area contributed by atoms with E-state index in [-0.39, 0.29) is 37.2 Å². The van der Waals surface area contributed by atoms with Crippen molar-refractivity contribution >= 4 is 23.6 Å². The number of aliphatic hydroxyl groups excluding tert-OH is 1. The van der Waals surface area contributed by atoms with E-state index in [1.54, 1.807) is 0 Å². The molecule has 0 aliphatic heterocycles. The Labute approximate surface area is 173 Å². The summed E-state index contributed by atoms with van der Waals surface area (Å²) in [6.07, 6.45) is -0.864. The van der Waals surface area contributed by atoms with Gasteiger partial charge < -0.3 is 25.7 Å². The number of hydrogen-bond donors (Lipinski definition) is 6. The van der Waals surface area contributed by atoms with Crippen molar-refractivity contribution in [1.82, 2.24) is 10.6 Å². The molecule has 1 aromatic rings. The van der Waals surface area contributed by atoms with Gasteiger partial charge in [-0.3, -0.25) is 19.7 Å². The largest absolute Gasteiger partial charge is 0.508 e. The minimum absolute atomic E-state index is 0.0113. The summed E-state index contributed by atoms with van der Waals surface area (Å²) in [4.78, 5) is 47.2. The topological polar surface area (TPSA) is 173 Å². The van der Waals surface area contributed by atoms with E-state index in [0.717, 1.165) is 0 Å². The molecule has 0 saturated heterocycles. The first-order chi connectivity index (χ1) is 14.0. The van der Waals surface area contributed by atoms with Crippen LogP contribution in [-0.2, 0) is 25.6 Å². The van der Waals surface area contributed by atoms with Crippen LogP contribution in [0.5, 0.6) is 5.75 Å². The van der Waals surface area contributed by atoms with Gasteiger partial charge in [0.25, 0.3) is 0 Å². The van der Waals surface area contributed by atoms with Crippen molar-refractivity contribution in [2.75, 3.05) is 0 Å². The van der Waals surface area contributed by atoms with Gasteiger partial charge in [-0.15, -0.1) is 0 Å². The van der Waals surface area contributed by atoms with Crippen LogP contribution < -0.4 is 10.6 Å². The third kappa shape index (κ3) is 9.01. The van der Waals surface area contributed by atoms with Crippen LogP contribution >= 0.6 is 0 Å². The number of ketones is 1. The van der Waals surface area contributed by atoms with Crippen molar-refractivity contribution in [3.8, 4) is 5.75 Å². The highest BCUT2D eigenvalue weighted by Gasteiger charge is 2.28. The second-order valence-corrected chi connectivity index (χ2v) is 7.18. The highest BCUT2D eigenvalue weighted by atomic mass is 16.4. The van der Waals surface area contributed by atoms with Crippen molar-refractivity contribution in [2.45, 2.75) is 63.8 Å². The first-order valence-electron chi connectivity index (χ1n) is 9.49. The number of benzene rings is 1. The maximum absolute atomic E-state index is 12.4. The molecule has 6 N–H and O–H groups in total. The van der Waals surface area contributed by atoms with E-state index in [0.29, 0.717) is 5.56 Å². The third-order valence-electron chi connectivity index (χ3n) is 4.41. The van der Waals surface area contributed by atoms with Crippen LogP contribution in [0.15, 0.2) is 24.3 Å². The molecule has 0 spiro atoms. The van der Waals surface area contributed by atoms with E-state index in [1.807, 2.05) is 0 Å². The molecular formula is C20H28N2O8. The second-order valence-electron chi connectivity index (χ2n) is 7.18. The highest BCUT2D eigenvalue weighted by molar-refractivity contribution is 5.89. The SMILES string of the molecule is CC(O)CCC(=O)CC(NC(C)C(=O)NC(Cc1ccc(O)cc1)C(=O)O)C(=O)O. The number of hydrogen-bond acceptors (Lipinski definition) is 7. The molecular weight excluding hydrogens is 396 g/mol. The number of aliphatic hydroxyl groups is 1. The molecule has 4 unspecified atom stereocenters. The molecule has 0 saturated carbocycles. The molecule has 0 aromatic heterocycles. The van der Waals surface area contributed by atoms with Gasteiger partial charge in [-0.25, -0.2) is 4.79 Å². The van der Waals surface area contributed by atoms with Crippen LogP contribution in [-0.4, -0.2) is 68.3 Å². The van der Waals surface area contributed by atoms with Crippen molar-refractivity contribution in [3.05, 3.63) is 29.8 Å². The molecule has 0 fully saturated rings. The van der Waals surface area contributed by atoms with Gasteiger partial charge in [0.05, 0.1) is 12.1 Å². The minimum Gasteiger partial charge on any atom is -0.508 e. The Bertz CT molecular complexity index is 748. The normalized spacial score (nSPS) is 14.9.